The average Bonchev–Trinajstić information content (AvgIpc) is 2.92. The molecule has 0 saturated heterocycles. The summed E-state index contributed by atoms with van der Waals surface area (Å²) in [5.41, 5.74) is 3.65. The number of aryl methyl sites for hydroxylation is 1. The van der Waals surface area contributed by atoms with E-state index in [0.717, 1.165) is 17.5 Å². The van der Waals surface area contributed by atoms with Crippen LogP contribution in [0.3, 0.4) is 0 Å². The molecule has 0 saturated carbocycles. The zero-order chi connectivity index (χ0) is 25.5. The Hall–Kier alpha value is -3.90. The fraction of sp³-hybridized carbons (Fsp3) is 0.167. The molecule has 0 heterocycles. The maximum Gasteiger partial charge on any atom is 0.264 e. The maximum absolute atomic E-state index is 13.8. The molecule has 4 aromatic rings. The van der Waals surface area contributed by atoms with Gasteiger partial charge in [-0.1, -0.05) is 91.9 Å². The summed E-state index contributed by atoms with van der Waals surface area (Å²) in [6, 6.07) is 32.4. The van der Waals surface area contributed by atoms with Gasteiger partial charge in [0.2, 0.25) is 0 Å². The standard InChI is InChI=1S/C30H30N2O3S/c1-3-24-18-20-26(21-19-24)23(2)31-30(33)28-16-10-11-17-29(28)32(22-25-12-6-4-7-13-25)36(34,35)27-14-8-5-9-15-27/h4-21,23H,3,22H2,1-2H3,(H,31,33). The molecule has 5 nitrogen and oxygen atoms in total. The number of amides is 1. The number of nitrogens with zero attached hydrogens (tertiary/aromatic N) is 1. The van der Waals surface area contributed by atoms with Crippen LogP contribution in [0.2, 0.25) is 0 Å². The van der Waals surface area contributed by atoms with Crippen molar-refractivity contribution in [2.45, 2.75) is 37.8 Å². The van der Waals surface area contributed by atoms with Crippen molar-refractivity contribution < 1.29 is 13.2 Å². The van der Waals surface area contributed by atoms with Gasteiger partial charge in [-0.05, 0) is 54.3 Å². The topological polar surface area (TPSA) is 66.5 Å². The van der Waals surface area contributed by atoms with Crippen LogP contribution in [-0.2, 0) is 23.0 Å². The van der Waals surface area contributed by atoms with Gasteiger partial charge in [0.05, 0.1) is 28.7 Å². The summed E-state index contributed by atoms with van der Waals surface area (Å²) in [6.45, 7) is 4.11. The SMILES string of the molecule is CCc1ccc(C(C)NC(=O)c2ccccc2N(Cc2ccccc2)S(=O)(=O)c2ccccc2)cc1. The number of para-hydroxylation sites is 1. The van der Waals surface area contributed by atoms with Gasteiger partial charge < -0.3 is 5.32 Å². The highest BCUT2D eigenvalue weighted by Gasteiger charge is 2.28. The number of hydrogen-bond acceptors (Lipinski definition) is 3. The molecule has 1 atom stereocenters. The number of carbonyl (C=O) groups is 1. The van der Waals surface area contributed by atoms with Gasteiger partial charge in [0, 0.05) is 0 Å². The molecule has 1 N–H and O–H groups in total. The first-order valence-corrected chi connectivity index (χ1v) is 13.4. The lowest BCUT2D eigenvalue weighted by atomic mass is 10.0. The van der Waals surface area contributed by atoms with E-state index < -0.39 is 10.0 Å². The number of rotatable bonds is 9. The highest BCUT2D eigenvalue weighted by Crippen LogP contribution is 2.29. The second-order valence-electron chi connectivity index (χ2n) is 8.62. The van der Waals surface area contributed by atoms with Crippen LogP contribution in [0.5, 0.6) is 0 Å². The summed E-state index contributed by atoms with van der Waals surface area (Å²) in [5.74, 6) is -0.334. The Morgan fingerprint density at radius 3 is 2.00 bits per heavy atom. The van der Waals surface area contributed by atoms with Gasteiger partial charge in [0.15, 0.2) is 0 Å². The van der Waals surface area contributed by atoms with Crippen LogP contribution in [0.1, 0.15) is 46.9 Å². The number of hydrogen-bond donors (Lipinski definition) is 1. The van der Waals surface area contributed by atoms with E-state index in [9.17, 15) is 13.2 Å². The van der Waals surface area contributed by atoms with Crippen molar-refractivity contribution in [3.05, 3.63) is 131 Å². The second-order valence-corrected chi connectivity index (χ2v) is 10.5. The first-order valence-electron chi connectivity index (χ1n) is 12.0. The summed E-state index contributed by atoms with van der Waals surface area (Å²) in [7, 11) is -3.94. The van der Waals surface area contributed by atoms with Crippen molar-refractivity contribution in [1.29, 1.82) is 0 Å². The van der Waals surface area contributed by atoms with Crippen molar-refractivity contribution >= 4 is 21.6 Å². The normalized spacial score (nSPS) is 12.1. The van der Waals surface area contributed by atoms with Crippen LogP contribution in [0, 0.1) is 0 Å². The largest absolute Gasteiger partial charge is 0.345 e. The molecule has 0 aliphatic heterocycles. The van der Waals surface area contributed by atoms with Crippen molar-refractivity contribution in [3.63, 3.8) is 0 Å². The lowest BCUT2D eigenvalue weighted by Gasteiger charge is -2.27. The van der Waals surface area contributed by atoms with E-state index in [1.54, 1.807) is 54.6 Å². The van der Waals surface area contributed by atoms with Gasteiger partial charge in [0.1, 0.15) is 0 Å². The molecule has 0 aromatic heterocycles. The van der Waals surface area contributed by atoms with E-state index in [-0.39, 0.29) is 23.4 Å². The fourth-order valence-electron chi connectivity index (χ4n) is 4.05. The van der Waals surface area contributed by atoms with Crippen molar-refractivity contribution in [3.8, 4) is 0 Å². The Morgan fingerprint density at radius 1 is 0.778 bits per heavy atom. The van der Waals surface area contributed by atoms with Crippen LogP contribution in [-0.4, -0.2) is 14.3 Å². The third-order valence-electron chi connectivity index (χ3n) is 6.15. The molecular formula is C30H30N2O3S. The fourth-order valence-corrected chi connectivity index (χ4v) is 5.54. The number of sulfonamides is 1. The Bertz CT molecular complexity index is 1400. The molecule has 0 fully saturated rings. The lowest BCUT2D eigenvalue weighted by Crippen LogP contribution is -2.34. The molecule has 6 heteroatoms. The van der Waals surface area contributed by atoms with Crippen LogP contribution in [0.25, 0.3) is 0 Å². The van der Waals surface area contributed by atoms with Crippen molar-refractivity contribution in [2.24, 2.45) is 0 Å². The van der Waals surface area contributed by atoms with E-state index in [4.69, 9.17) is 0 Å². The summed E-state index contributed by atoms with van der Waals surface area (Å²) in [6.07, 6.45) is 0.946. The Kier molecular flexibility index (Phi) is 7.86. The zero-order valence-corrected chi connectivity index (χ0v) is 21.3. The summed E-state index contributed by atoms with van der Waals surface area (Å²) in [4.78, 5) is 13.6. The molecule has 0 bridgehead atoms. The van der Waals surface area contributed by atoms with Gasteiger partial charge in [-0.15, -0.1) is 0 Å². The highest BCUT2D eigenvalue weighted by molar-refractivity contribution is 7.92. The molecule has 0 spiro atoms. The molecule has 1 amide bonds. The van der Waals surface area contributed by atoms with Crippen LogP contribution in [0.4, 0.5) is 5.69 Å². The number of anilines is 1. The number of nitrogens with one attached hydrogen (secondary N) is 1. The minimum Gasteiger partial charge on any atom is -0.345 e. The Balaban J connectivity index is 1.71. The van der Waals surface area contributed by atoms with Crippen molar-refractivity contribution in [1.82, 2.24) is 5.32 Å². The Labute approximate surface area is 213 Å². The number of benzene rings is 4. The summed E-state index contributed by atoms with van der Waals surface area (Å²) >= 11 is 0. The molecule has 0 radical (unpaired) electrons. The second kappa shape index (κ2) is 11.2. The third-order valence-corrected chi connectivity index (χ3v) is 7.93. The molecule has 4 aromatic carbocycles. The molecule has 4 rings (SSSR count). The van der Waals surface area contributed by atoms with E-state index in [2.05, 4.69) is 24.4 Å². The molecule has 1 unspecified atom stereocenters. The van der Waals surface area contributed by atoms with E-state index >= 15 is 0 Å². The summed E-state index contributed by atoms with van der Waals surface area (Å²) < 4.78 is 28.9. The lowest BCUT2D eigenvalue weighted by molar-refractivity contribution is 0.0940. The highest BCUT2D eigenvalue weighted by atomic mass is 32.2. The van der Waals surface area contributed by atoms with E-state index in [1.165, 1.54) is 9.87 Å². The first kappa shape index (κ1) is 25.2. The van der Waals surface area contributed by atoms with Crippen molar-refractivity contribution in [2.75, 3.05) is 4.31 Å². The molecule has 36 heavy (non-hydrogen) atoms. The quantitative estimate of drug-likeness (QED) is 0.302. The average molecular weight is 499 g/mol. The monoisotopic (exact) mass is 498 g/mol. The minimum atomic E-state index is -3.94. The van der Waals surface area contributed by atoms with Crippen LogP contribution in [0.15, 0.2) is 114 Å². The number of carbonyl (C=O) groups excluding carboxylic acids is 1. The predicted molar refractivity (Wildman–Crippen MR) is 144 cm³/mol. The zero-order valence-electron chi connectivity index (χ0n) is 20.5. The molecular weight excluding hydrogens is 468 g/mol. The van der Waals surface area contributed by atoms with Gasteiger partial charge in [-0.3, -0.25) is 9.10 Å². The van der Waals surface area contributed by atoms with Gasteiger partial charge in [-0.2, -0.15) is 0 Å². The smallest absolute Gasteiger partial charge is 0.264 e. The third kappa shape index (κ3) is 5.66. The van der Waals surface area contributed by atoms with E-state index in [1.807, 2.05) is 49.4 Å². The summed E-state index contributed by atoms with van der Waals surface area (Å²) in [5, 5.41) is 3.04. The molecule has 0 aliphatic carbocycles. The Morgan fingerprint density at radius 2 is 1.36 bits per heavy atom. The van der Waals surface area contributed by atoms with Gasteiger partial charge in [-0.25, -0.2) is 8.42 Å². The maximum atomic E-state index is 13.8. The molecule has 184 valence electrons. The van der Waals surface area contributed by atoms with E-state index in [0.29, 0.717) is 11.3 Å². The predicted octanol–water partition coefficient (Wildman–Crippen LogP) is 6.14. The minimum absolute atomic E-state index is 0.0936. The van der Waals surface area contributed by atoms with Crippen LogP contribution >= 0.6 is 0 Å². The van der Waals surface area contributed by atoms with Gasteiger partial charge >= 0.3 is 0 Å². The molecule has 0 aliphatic rings. The first-order chi connectivity index (χ1) is 17.4. The van der Waals surface area contributed by atoms with Crippen LogP contribution < -0.4 is 9.62 Å². The van der Waals surface area contributed by atoms with Gasteiger partial charge in [0.25, 0.3) is 15.9 Å².